The van der Waals surface area contributed by atoms with Gasteiger partial charge in [-0.3, -0.25) is 4.68 Å². The maximum absolute atomic E-state index is 3.93. The second-order valence-electron chi connectivity index (χ2n) is 3.75. The normalized spacial score (nSPS) is 10.6. The number of nitrogens with zero attached hydrogens (tertiary/aromatic N) is 3. The van der Waals surface area contributed by atoms with Crippen LogP contribution in [0.3, 0.4) is 0 Å². The predicted molar refractivity (Wildman–Crippen MR) is 67.1 cm³/mol. The third kappa shape index (κ3) is 3.45. The van der Waals surface area contributed by atoms with Crippen LogP contribution in [0.25, 0.3) is 0 Å². The number of halogens is 1. The second kappa shape index (κ2) is 5.80. The van der Waals surface area contributed by atoms with Gasteiger partial charge in [-0.25, -0.2) is 0 Å². The van der Waals surface area contributed by atoms with E-state index in [1.165, 1.54) is 12.0 Å². The first-order chi connectivity index (χ1) is 7.84. The Morgan fingerprint density at radius 3 is 2.62 bits per heavy atom. The summed E-state index contributed by atoms with van der Waals surface area (Å²) in [4.78, 5) is 0. The molecule has 0 aliphatic carbocycles. The number of hydrogen-bond donors (Lipinski definition) is 0. The van der Waals surface area contributed by atoms with Crippen molar-refractivity contribution in [1.29, 1.82) is 0 Å². The fourth-order valence-electron chi connectivity index (χ4n) is 1.61. The lowest BCUT2D eigenvalue weighted by Crippen LogP contribution is -1.99. The first-order valence-electron chi connectivity index (χ1n) is 5.43. The Bertz CT molecular complexity index is 408. The van der Waals surface area contributed by atoms with Gasteiger partial charge in [0.2, 0.25) is 0 Å². The van der Waals surface area contributed by atoms with E-state index in [1.54, 1.807) is 6.20 Å². The molecule has 0 bridgehead atoms. The summed E-state index contributed by atoms with van der Waals surface area (Å²) in [5, 5.41) is 7.71. The lowest BCUT2D eigenvalue weighted by Gasteiger charge is -2.02. The molecule has 84 valence electrons. The quantitative estimate of drug-likeness (QED) is 0.788. The molecule has 1 aromatic heterocycles. The molecule has 0 fully saturated rings. The Morgan fingerprint density at radius 1 is 1.12 bits per heavy atom. The molecule has 16 heavy (non-hydrogen) atoms. The summed E-state index contributed by atoms with van der Waals surface area (Å²) < 4.78 is 3.01. The van der Waals surface area contributed by atoms with Crippen LogP contribution in [0.4, 0.5) is 0 Å². The van der Waals surface area contributed by atoms with Crippen molar-refractivity contribution in [2.75, 3.05) is 0 Å². The van der Waals surface area contributed by atoms with E-state index in [0.717, 1.165) is 23.9 Å². The number of hydrogen-bond acceptors (Lipinski definition) is 2. The summed E-state index contributed by atoms with van der Waals surface area (Å²) in [7, 11) is 0. The molecule has 0 N–H and O–H groups in total. The summed E-state index contributed by atoms with van der Waals surface area (Å²) in [6.07, 6.45) is 7.07. The highest BCUT2D eigenvalue weighted by Gasteiger charge is 1.95. The zero-order chi connectivity index (χ0) is 11.2. The van der Waals surface area contributed by atoms with Gasteiger partial charge in [-0.2, -0.15) is 0 Å². The van der Waals surface area contributed by atoms with Crippen molar-refractivity contribution in [1.82, 2.24) is 15.0 Å². The summed E-state index contributed by atoms with van der Waals surface area (Å²) in [6.45, 7) is 0.955. The van der Waals surface area contributed by atoms with Crippen molar-refractivity contribution in [2.24, 2.45) is 0 Å². The zero-order valence-corrected chi connectivity index (χ0v) is 10.6. The minimum Gasteiger partial charge on any atom is -0.253 e. The van der Waals surface area contributed by atoms with Crippen molar-refractivity contribution in [3.8, 4) is 0 Å². The standard InChI is InChI=1S/C12H14BrN3/c13-12-6-4-11(5-7-12)3-1-2-9-16-10-8-14-15-16/h4-8,10H,1-3,9H2. The molecule has 0 radical (unpaired) electrons. The number of unbranched alkanes of at least 4 members (excludes halogenated alkanes) is 1. The minimum absolute atomic E-state index is 0.955. The molecule has 0 unspecified atom stereocenters. The van der Waals surface area contributed by atoms with E-state index in [1.807, 2.05) is 10.9 Å². The monoisotopic (exact) mass is 279 g/mol. The van der Waals surface area contributed by atoms with Crippen LogP contribution in [-0.4, -0.2) is 15.0 Å². The van der Waals surface area contributed by atoms with Crippen LogP contribution in [0, 0.1) is 0 Å². The van der Waals surface area contributed by atoms with Crippen LogP contribution in [0.1, 0.15) is 18.4 Å². The summed E-state index contributed by atoms with van der Waals surface area (Å²) in [5.74, 6) is 0. The van der Waals surface area contributed by atoms with Gasteiger partial charge in [0.05, 0.1) is 6.20 Å². The average molecular weight is 280 g/mol. The maximum Gasteiger partial charge on any atom is 0.0692 e. The van der Waals surface area contributed by atoms with E-state index in [-0.39, 0.29) is 0 Å². The van der Waals surface area contributed by atoms with Gasteiger partial charge in [0.1, 0.15) is 0 Å². The Labute approximate surface area is 104 Å². The molecule has 2 aromatic rings. The lowest BCUT2D eigenvalue weighted by molar-refractivity contribution is 0.541. The predicted octanol–water partition coefficient (Wildman–Crippen LogP) is 3.06. The smallest absolute Gasteiger partial charge is 0.0692 e. The van der Waals surface area contributed by atoms with E-state index in [4.69, 9.17) is 0 Å². The van der Waals surface area contributed by atoms with E-state index < -0.39 is 0 Å². The van der Waals surface area contributed by atoms with Crippen LogP contribution in [0.5, 0.6) is 0 Å². The molecule has 1 heterocycles. The highest BCUT2D eigenvalue weighted by molar-refractivity contribution is 9.10. The fourth-order valence-corrected chi connectivity index (χ4v) is 1.87. The number of benzene rings is 1. The van der Waals surface area contributed by atoms with Crippen molar-refractivity contribution in [3.05, 3.63) is 46.7 Å². The van der Waals surface area contributed by atoms with Gasteiger partial charge in [0.25, 0.3) is 0 Å². The minimum atomic E-state index is 0.955. The number of rotatable bonds is 5. The van der Waals surface area contributed by atoms with Crippen molar-refractivity contribution >= 4 is 15.9 Å². The Hall–Kier alpha value is -1.16. The number of aromatic nitrogens is 3. The maximum atomic E-state index is 3.93. The van der Waals surface area contributed by atoms with Crippen molar-refractivity contribution in [2.45, 2.75) is 25.8 Å². The van der Waals surface area contributed by atoms with Crippen LogP contribution in [0.2, 0.25) is 0 Å². The first-order valence-corrected chi connectivity index (χ1v) is 6.22. The van der Waals surface area contributed by atoms with Gasteiger partial charge in [0.15, 0.2) is 0 Å². The van der Waals surface area contributed by atoms with Crippen LogP contribution in [-0.2, 0) is 13.0 Å². The molecule has 0 saturated heterocycles. The van der Waals surface area contributed by atoms with Crippen molar-refractivity contribution < 1.29 is 0 Å². The summed E-state index contributed by atoms with van der Waals surface area (Å²) in [5.41, 5.74) is 1.39. The van der Waals surface area contributed by atoms with E-state index in [2.05, 4.69) is 50.5 Å². The molecule has 0 aliphatic rings. The molecule has 2 rings (SSSR count). The Kier molecular flexibility index (Phi) is 4.10. The van der Waals surface area contributed by atoms with Gasteiger partial charge in [0, 0.05) is 17.2 Å². The third-order valence-electron chi connectivity index (χ3n) is 2.49. The van der Waals surface area contributed by atoms with Gasteiger partial charge in [-0.15, -0.1) is 5.10 Å². The summed E-state index contributed by atoms with van der Waals surface area (Å²) in [6, 6.07) is 8.51. The van der Waals surface area contributed by atoms with Crippen LogP contribution < -0.4 is 0 Å². The Balaban J connectivity index is 1.70. The van der Waals surface area contributed by atoms with E-state index in [9.17, 15) is 0 Å². The van der Waals surface area contributed by atoms with Gasteiger partial charge in [-0.05, 0) is 37.0 Å². The topological polar surface area (TPSA) is 30.7 Å². The fraction of sp³-hybridized carbons (Fsp3) is 0.333. The molecule has 0 saturated carbocycles. The van der Waals surface area contributed by atoms with E-state index >= 15 is 0 Å². The third-order valence-corrected chi connectivity index (χ3v) is 3.02. The molecular weight excluding hydrogens is 266 g/mol. The van der Waals surface area contributed by atoms with Crippen LogP contribution >= 0.6 is 15.9 Å². The molecular formula is C12H14BrN3. The highest BCUT2D eigenvalue weighted by Crippen LogP contribution is 2.12. The molecule has 1 aromatic carbocycles. The van der Waals surface area contributed by atoms with E-state index in [0.29, 0.717) is 0 Å². The largest absolute Gasteiger partial charge is 0.253 e. The van der Waals surface area contributed by atoms with Gasteiger partial charge < -0.3 is 0 Å². The molecule has 4 heteroatoms. The zero-order valence-electron chi connectivity index (χ0n) is 9.01. The average Bonchev–Trinajstić information content (AvgIpc) is 2.80. The van der Waals surface area contributed by atoms with Gasteiger partial charge in [-0.1, -0.05) is 33.3 Å². The van der Waals surface area contributed by atoms with Crippen LogP contribution in [0.15, 0.2) is 41.1 Å². The SMILES string of the molecule is Brc1ccc(CCCCn2ccnn2)cc1. The molecule has 0 aliphatic heterocycles. The second-order valence-corrected chi connectivity index (χ2v) is 4.67. The molecule has 0 atom stereocenters. The summed E-state index contributed by atoms with van der Waals surface area (Å²) >= 11 is 3.43. The number of aryl methyl sites for hydroxylation is 2. The molecule has 0 amide bonds. The molecule has 0 spiro atoms. The van der Waals surface area contributed by atoms with Gasteiger partial charge >= 0.3 is 0 Å². The lowest BCUT2D eigenvalue weighted by atomic mass is 10.1. The highest BCUT2D eigenvalue weighted by atomic mass is 79.9. The Morgan fingerprint density at radius 2 is 1.94 bits per heavy atom. The van der Waals surface area contributed by atoms with Crippen molar-refractivity contribution in [3.63, 3.8) is 0 Å². The first kappa shape index (κ1) is 11.3. The molecule has 3 nitrogen and oxygen atoms in total.